The zero-order chi connectivity index (χ0) is 12.9. The summed E-state index contributed by atoms with van der Waals surface area (Å²) in [4.78, 5) is 21.4. The zero-order valence-electron chi connectivity index (χ0n) is 10.1. The molecule has 7 nitrogen and oxygen atoms in total. The number of hydrogen-bond donors (Lipinski definition) is 1. The van der Waals surface area contributed by atoms with Gasteiger partial charge in [-0.3, -0.25) is 4.68 Å². The van der Waals surface area contributed by atoms with Crippen LogP contribution in [0.2, 0.25) is 0 Å². The molecule has 1 heterocycles. The summed E-state index contributed by atoms with van der Waals surface area (Å²) in [5, 5.41) is 9.12. The summed E-state index contributed by atoms with van der Waals surface area (Å²) in [6, 6.07) is 1.50. The van der Waals surface area contributed by atoms with Crippen LogP contribution in [0.3, 0.4) is 0 Å². The molecule has 0 saturated heterocycles. The number of hydrogen-bond acceptors (Lipinski definition) is 5. The maximum atomic E-state index is 11.3. The Hall–Kier alpha value is -1.92. The Morgan fingerprint density at radius 2 is 2.29 bits per heavy atom. The highest BCUT2D eigenvalue weighted by Gasteiger charge is 2.15. The molecule has 17 heavy (non-hydrogen) atoms. The topological polar surface area (TPSA) is 85.6 Å². The van der Waals surface area contributed by atoms with Gasteiger partial charge < -0.3 is 10.1 Å². The molecule has 0 fully saturated rings. The van der Waals surface area contributed by atoms with E-state index in [2.05, 4.69) is 15.6 Å². The van der Waals surface area contributed by atoms with E-state index in [1.165, 1.54) is 10.7 Å². The molecule has 7 heteroatoms. The molecule has 0 radical (unpaired) electrons. The number of rotatable bonds is 4. The molecule has 1 aromatic rings. The van der Waals surface area contributed by atoms with Crippen LogP contribution < -0.4 is 5.32 Å². The number of aromatic nitrogens is 2. The molecule has 1 amide bonds. The third-order valence-corrected chi connectivity index (χ3v) is 1.73. The van der Waals surface area contributed by atoms with Crippen LogP contribution in [0.15, 0.2) is 17.4 Å². The normalized spacial score (nSPS) is 11.0. The fraction of sp³-hybridized carbons (Fsp3) is 0.600. The molecule has 1 N–H and O–H groups in total. The first kappa shape index (κ1) is 13.1. The van der Waals surface area contributed by atoms with Crippen molar-refractivity contribution in [3.05, 3.63) is 17.2 Å². The highest BCUT2D eigenvalue weighted by Crippen LogP contribution is 2.06. The van der Waals surface area contributed by atoms with Crippen LogP contribution in [-0.4, -0.2) is 28.0 Å². The standard InChI is InChI=1S/C10H16N4O3/c1-10(2,3)17-9(15)11-5-7-14-6-4-8(12-14)13-16/h4,6H,5,7H2,1-3H3,(H,11,15). The Labute approximate surface area is 99.1 Å². The van der Waals surface area contributed by atoms with E-state index in [1.807, 2.05) is 0 Å². The van der Waals surface area contributed by atoms with Gasteiger partial charge in [0.05, 0.1) is 6.54 Å². The molecule has 94 valence electrons. The second-order valence-corrected chi connectivity index (χ2v) is 4.46. The second-order valence-electron chi connectivity index (χ2n) is 4.46. The van der Waals surface area contributed by atoms with Gasteiger partial charge in [-0.1, -0.05) is 0 Å². The fourth-order valence-corrected chi connectivity index (χ4v) is 1.11. The van der Waals surface area contributed by atoms with E-state index in [0.717, 1.165) is 0 Å². The van der Waals surface area contributed by atoms with Gasteiger partial charge in [0.15, 0.2) is 0 Å². The van der Waals surface area contributed by atoms with Gasteiger partial charge in [0, 0.05) is 18.8 Å². The third kappa shape index (κ3) is 5.10. The van der Waals surface area contributed by atoms with Crippen molar-refractivity contribution in [2.24, 2.45) is 5.18 Å². The molecule has 1 aromatic heterocycles. The molecule has 0 aliphatic carbocycles. The maximum absolute atomic E-state index is 11.3. The molecule has 0 saturated carbocycles. The van der Waals surface area contributed by atoms with E-state index in [4.69, 9.17) is 4.74 Å². The number of alkyl carbamates (subject to hydrolysis) is 1. The summed E-state index contributed by atoms with van der Waals surface area (Å²) in [6.07, 6.45) is 1.14. The van der Waals surface area contributed by atoms with E-state index in [0.29, 0.717) is 13.1 Å². The Morgan fingerprint density at radius 1 is 1.59 bits per heavy atom. The van der Waals surface area contributed by atoms with E-state index in [9.17, 15) is 9.70 Å². The average Bonchev–Trinajstić information content (AvgIpc) is 2.63. The van der Waals surface area contributed by atoms with Gasteiger partial charge in [0.25, 0.3) is 0 Å². The van der Waals surface area contributed by atoms with Crippen LogP contribution >= 0.6 is 0 Å². The van der Waals surface area contributed by atoms with Gasteiger partial charge >= 0.3 is 6.09 Å². The molecule has 0 spiro atoms. The summed E-state index contributed by atoms with van der Waals surface area (Å²) in [6.45, 7) is 6.20. The van der Waals surface area contributed by atoms with Crippen molar-refractivity contribution >= 4 is 11.9 Å². The van der Waals surface area contributed by atoms with Gasteiger partial charge in [0.1, 0.15) is 5.60 Å². The number of carbonyl (C=O) groups excluding carboxylic acids is 1. The van der Waals surface area contributed by atoms with Crippen molar-refractivity contribution in [3.63, 3.8) is 0 Å². The summed E-state index contributed by atoms with van der Waals surface area (Å²) >= 11 is 0. The van der Waals surface area contributed by atoms with Crippen molar-refractivity contribution in [1.29, 1.82) is 0 Å². The highest BCUT2D eigenvalue weighted by molar-refractivity contribution is 5.67. The van der Waals surface area contributed by atoms with Gasteiger partial charge in [-0.2, -0.15) is 0 Å². The van der Waals surface area contributed by atoms with Crippen LogP contribution in [-0.2, 0) is 11.3 Å². The van der Waals surface area contributed by atoms with E-state index in [1.54, 1.807) is 27.0 Å². The van der Waals surface area contributed by atoms with Crippen molar-refractivity contribution in [2.45, 2.75) is 32.9 Å². The van der Waals surface area contributed by atoms with Gasteiger partial charge in [-0.15, -0.1) is 10.0 Å². The highest BCUT2D eigenvalue weighted by atomic mass is 16.6. The van der Waals surface area contributed by atoms with Crippen LogP contribution in [0.5, 0.6) is 0 Å². The van der Waals surface area contributed by atoms with Crippen molar-refractivity contribution in [1.82, 2.24) is 15.1 Å². The minimum Gasteiger partial charge on any atom is -0.444 e. The molecule has 1 rings (SSSR count). The number of nitrogens with one attached hydrogen (secondary N) is 1. The maximum Gasteiger partial charge on any atom is 0.407 e. The fourth-order valence-electron chi connectivity index (χ4n) is 1.11. The predicted octanol–water partition coefficient (Wildman–Crippen LogP) is 1.81. The summed E-state index contributed by atoms with van der Waals surface area (Å²) < 4.78 is 6.58. The molecule has 0 unspecified atom stereocenters. The monoisotopic (exact) mass is 240 g/mol. The van der Waals surface area contributed by atoms with E-state index < -0.39 is 11.7 Å². The number of carbonyl (C=O) groups is 1. The number of ether oxygens (including phenoxy) is 1. The predicted molar refractivity (Wildman–Crippen MR) is 61.9 cm³/mol. The number of nitroso groups, excluding NO2 is 1. The SMILES string of the molecule is CC(C)(C)OC(=O)NCCn1ccc(N=O)n1. The minimum atomic E-state index is -0.510. The van der Waals surface area contributed by atoms with Crippen molar-refractivity contribution in [3.8, 4) is 0 Å². The lowest BCUT2D eigenvalue weighted by Crippen LogP contribution is -2.34. The number of nitrogens with zero attached hydrogens (tertiary/aromatic N) is 3. The Bertz CT molecular complexity index is 395. The minimum absolute atomic E-state index is 0.127. The van der Waals surface area contributed by atoms with Crippen LogP contribution in [0.4, 0.5) is 10.6 Å². The lowest BCUT2D eigenvalue weighted by Gasteiger charge is -2.19. The molecule has 0 bridgehead atoms. The van der Waals surface area contributed by atoms with Crippen LogP contribution in [0.1, 0.15) is 20.8 Å². The van der Waals surface area contributed by atoms with E-state index in [-0.39, 0.29) is 5.82 Å². The first-order valence-electron chi connectivity index (χ1n) is 5.24. The molecule has 0 atom stereocenters. The first-order chi connectivity index (χ1) is 7.90. The van der Waals surface area contributed by atoms with Gasteiger partial charge in [-0.25, -0.2) is 4.79 Å². The Kier molecular flexibility index (Phi) is 4.19. The molecular formula is C10H16N4O3. The zero-order valence-corrected chi connectivity index (χ0v) is 10.1. The second kappa shape index (κ2) is 5.42. The van der Waals surface area contributed by atoms with Crippen molar-refractivity contribution < 1.29 is 9.53 Å². The number of amides is 1. The van der Waals surface area contributed by atoms with Gasteiger partial charge in [-0.05, 0) is 25.9 Å². The smallest absolute Gasteiger partial charge is 0.407 e. The molecule has 0 aliphatic heterocycles. The molecular weight excluding hydrogens is 224 g/mol. The lowest BCUT2D eigenvalue weighted by atomic mass is 10.2. The Balaban J connectivity index is 2.28. The Morgan fingerprint density at radius 3 is 2.82 bits per heavy atom. The van der Waals surface area contributed by atoms with Crippen LogP contribution in [0.25, 0.3) is 0 Å². The summed E-state index contributed by atoms with van der Waals surface area (Å²) in [5.41, 5.74) is -0.510. The summed E-state index contributed by atoms with van der Waals surface area (Å²) in [5.74, 6) is 0.127. The van der Waals surface area contributed by atoms with Crippen molar-refractivity contribution in [2.75, 3.05) is 6.54 Å². The quantitative estimate of drug-likeness (QED) is 0.813. The average molecular weight is 240 g/mol. The third-order valence-electron chi connectivity index (χ3n) is 1.73. The molecule has 0 aromatic carbocycles. The molecule has 0 aliphatic rings. The van der Waals surface area contributed by atoms with Crippen LogP contribution in [0, 0.1) is 4.91 Å². The summed E-state index contributed by atoms with van der Waals surface area (Å²) in [7, 11) is 0. The van der Waals surface area contributed by atoms with Gasteiger partial charge in [0.2, 0.25) is 5.82 Å². The largest absolute Gasteiger partial charge is 0.444 e. The lowest BCUT2D eigenvalue weighted by molar-refractivity contribution is 0.0525. The van der Waals surface area contributed by atoms with E-state index >= 15 is 0 Å². The first-order valence-corrected chi connectivity index (χ1v) is 5.24.